The van der Waals surface area contributed by atoms with Gasteiger partial charge in [0.25, 0.3) is 0 Å². The number of aliphatic hydroxyl groups is 1. The van der Waals surface area contributed by atoms with Gasteiger partial charge in [0.05, 0.1) is 12.5 Å². The summed E-state index contributed by atoms with van der Waals surface area (Å²) in [5.74, 6) is 1.45. The number of hydrogen-bond acceptors (Lipinski definition) is 9. The Morgan fingerprint density at radius 3 is 2.96 bits per heavy atom. The molecule has 11 heteroatoms. The Bertz CT molecular complexity index is 721. The quantitative estimate of drug-likeness (QED) is 0.609. The van der Waals surface area contributed by atoms with Gasteiger partial charge in [-0.3, -0.25) is 4.79 Å². The van der Waals surface area contributed by atoms with Crippen LogP contribution in [0.5, 0.6) is 0 Å². The summed E-state index contributed by atoms with van der Waals surface area (Å²) < 4.78 is 0. The lowest BCUT2D eigenvalue weighted by Crippen LogP contribution is -2.38. The number of rotatable bonds is 4. The van der Waals surface area contributed by atoms with E-state index in [1.54, 1.807) is 11.9 Å². The molecule has 0 saturated carbocycles. The first kappa shape index (κ1) is 17.0. The second kappa shape index (κ2) is 7.38. The maximum Gasteiger partial charge on any atom is 0.230 e. The first-order valence-electron chi connectivity index (χ1n) is 8.01. The highest BCUT2D eigenvalue weighted by Crippen LogP contribution is 2.17. The van der Waals surface area contributed by atoms with Crippen LogP contribution in [0.15, 0.2) is 6.07 Å². The molecular weight excluding hydrogens is 326 g/mol. The number of nitrogens with one attached hydrogen (secondary N) is 2. The zero-order valence-corrected chi connectivity index (χ0v) is 14.2. The van der Waals surface area contributed by atoms with E-state index in [1.165, 1.54) is 0 Å². The van der Waals surface area contributed by atoms with E-state index in [-0.39, 0.29) is 18.9 Å². The molecular formula is C14H21N9O2. The second-order valence-electron chi connectivity index (χ2n) is 5.89. The molecule has 1 aliphatic heterocycles. The summed E-state index contributed by atoms with van der Waals surface area (Å²) in [6.07, 6.45) is -0.621. The van der Waals surface area contributed by atoms with Gasteiger partial charge in [-0.25, -0.2) is 4.98 Å². The van der Waals surface area contributed by atoms with E-state index in [1.807, 2.05) is 17.9 Å². The first-order chi connectivity index (χ1) is 12.0. The Labute approximate surface area is 144 Å². The molecule has 3 heterocycles. The largest absolute Gasteiger partial charge is 0.389 e. The fourth-order valence-electron chi connectivity index (χ4n) is 2.76. The van der Waals surface area contributed by atoms with Gasteiger partial charge >= 0.3 is 0 Å². The van der Waals surface area contributed by atoms with Gasteiger partial charge in [-0.2, -0.15) is 10.2 Å². The molecule has 2 aromatic rings. The highest BCUT2D eigenvalue weighted by Gasteiger charge is 2.26. The van der Waals surface area contributed by atoms with Crippen molar-refractivity contribution in [1.29, 1.82) is 0 Å². The predicted molar refractivity (Wildman–Crippen MR) is 89.0 cm³/mol. The van der Waals surface area contributed by atoms with Crippen LogP contribution in [0.1, 0.15) is 11.5 Å². The second-order valence-corrected chi connectivity index (χ2v) is 5.89. The van der Waals surface area contributed by atoms with Gasteiger partial charge in [0.15, 0.2) is 5.82 Å². The molecule has 1 fully saturated rings. The van der Waals surface area contributed by atoms with Gasteiger partial charge in [-0.15, -0.1) is 10.2 Å². The van der Waals surface area contributed by atoms with Crippen molar-refractivity contribution >= 4 is 17.7 Å². The van der Waals surface area contributed by atoms with Crippen molar-refractivity contribution in [2.24, 2.45) is 0 Å². The number of aromatic nitrogens is 6. The molecule has 11 nitrogen and oxygen atoms in total. The SMILES string of the molecule is CNc1nc(C)cc(N2CCN(C(=O)Cc3nn[nH]n3)C[C@@H](O)C2)n1. The first-order valence-corrected chi connectivity index (χ1v) is 8.01. The Kier molecular flexibility index (Phi) is 5.03. The molecule has 0 aliphatic carbocycles. The van der Waals surface area contributed by atoms with Crippen molar-refractivity contribution < 1.29 is 9.90 Å². The van der Waals surface area contributed by atoms with Gasteiger partial charge in [-0.1, -0.05) is 5.21 Å². The van der Waals surface area contributed by atoms with Gasteiger partial charge in [0.2, 0.25) is 11.9 Å². The number of aromatic amines is 1. The lowest BCUT2D eigenvalue weighted by molar-refractivity contribution is -0.131. The molecule has 3 rings (SSSR count). The summed E-state index contributed by atoms with van der Waals surface area (Å²) in [4.78, 5) is 24.7. The molecule has 1 atom stereocenters. The van der Waals surface area contributed by atoms with E-state index in [2.05, 4.69) is 35.9 Å². The number of nitrogens with zero attached hydrogens (tertiary/aromatic N) is 7. The van der Waals surface area contributed by atoms with E-state index in [0.717, 1.165) is 11.5 Å². The minimum absolute atomic E-state index is 0.0553. The van der Waals surface area contributed by atoms with Gasteiger partial charge in [0.1, 0.15) is 5.82 Å². The molecule has 3 N–H and O–H groups in total. The number of aryl methyl sites for hydroxylation is 1. The van der Waals surface area contributed by atoms with E-state index >= 15 is 0 Å². The summed E-state index contributed by atoms with van der Waals surface area (Å²) in [7, 11) is 1.76. The van der Waals surface area contributed by atoms with Crippen molar-refractivity contribution in [1.82, 2.24) is 35.5 Å². The minimum Gasteiger partial charge on any atom is -0.389 e. The van der Waals surface area contributed by atoms with Gasteiger partial charge in [-0.05, 0) is 6.92 Å². The Hall–Kier alpha value is -2.82. The number of tetrazole rings is 1. The van der Waals surface area contributed by atoms with Crippen LogP contribution in [0.4, 0.5) is 11.8 Å². The molecule has 2 aromatic heterocycles. The summed E-state index contributed by atoms with van der Waals surface area (Å²) in [6.45, 7) is 3.59. The van der Waals surface area contributed by atoms with Crippen LogP contribution in [0.25, 0.3) is 0 Å². The number of β-amino-alcohol motifs (C(OH)–C–C–N with tert-alkyl or cyclic N) is 1. The maximum atomic E-state index is 12.4. The van der Waals surface area contributed by atoms with Crippen LogP contribution in [-0.2, 0) is 11.2 Å². The van der Waals surface area contributed by atoms with Crippen molar-refractivity contribution in [2.45, 2.75) is 19.4 Å². The van der Waals surface area contributed by atoms with Gasteiger partial charge < -0.3 is 20.2 Å². The number of amides is 1. The van der Waals surface area contributed by atoms with Crippen LogP contribution < -0.4 is 10.2 Å². The molecule has 25 heavy (non-hydrogen) atoms. The monoisotopic (exact) mass is 347 g/mol. The fourth-order valence-corrected chi connectivity index (χ4v) is 2.76. The van der Waals surface area contributed by atoms with Gasteiger partial charge in [0, 0.05) is 45.0 Å². The Morgan fingerprint density at radius 2 is 2.24 bits per heavy atom. The number of anilines is 2. The smallest absolute Gasteiger partial charge is 0.230 e. The molecule has 0 spiro atoms. The third-order valence-electron chi connectivity index (χ3n) is 3.94. The third kappa shape index (κ3) is 4.18. The molecule has 0 bridgehead atoms. The molecule has 0 radical (unpaired) electrons. The van der Waals surface area contributed by atoms with Crippen molar-refractivity contribution in [2.75, 3.05) is 43.4 Å². The van der Waals surface area contributed by atoms with Crippen LogP contribution in [-0.4, -0.2) is 85.8 Å². The summed E-state index contributed by atoms with van der Waals surface area (Å²) in [6, 6.07) is 1.87. The zero-order valence-electron chi connectivity index (χ0n) is 14.2. The van der Waals surface area contributed by atoms with E-state index in [4.69, 9.17) is 0 Å². The highest BCUT2D eigenvalue weighted by atomic mass is 16.3. The number of carbonyl (C=O) groups excluding carboxylic acids is 1. The van der Waals surface area contributed by atoms with Crippen molar-refractivity contribution in [3.05, 3.63) is 17.6 Å². The standard InChI is InChI=1S/C14H21N9O2/c1-9-5-12(17-14(15-2)16-9)22-3-4-23(8-10(24)7-22)13(25)6-11-18-20-21-19-11/h5,10,24H,3-4,6-8H2,1-2H3,(H,15,16,17)(H,18,19,20,21)/t10-/m0/s1. The van der Waals surface area contributed by atoms with Crippen molar-refractivity contribution in [3.63, 3.8) is 0 Å². The van der Waals surface area contributed by atoms with Crippen LogP contribution in [0, 0.1) is 6.92 Å². The molecule has 1 aliphatic rings. The molecule has 0 aromatic carbocycles. The van der Waals surface area contributed by atoms with Crippen molar-refractivity contribution in [3.8, 4) is 0 Å². The summed E-state index contributed by atoms with van der Waals surface area (Å²) in [5.41, 5.74) is 0.832. The highest BCUT2D eigenvalue weighted by molar-refractivity contribution is 5.78. The van der Waals surface area contributed by atoms with E-state index in [9.17, 15) is 9.90 Å². The van der Waals surface area contributed by atoms with E-state index < -0.39 is 6.10 Å². The average molecular weight is 347 g/mol. The molecule has 0 unspecified atom stereocenters. The van der Waals surface area contributed by atoms with Crippen LogP contribution in [0.2, 0.25) is 0 Å². The topological polar surface area (TPSA) is 136 Å². The summed E-state index contributed by atoms with van der Waals surface area (Å²) in [5, 5.41) is 26.6. The molecule has 1 saturated heterocycles. The Balaban J connectivity index is 1.70. The normalized spacial score (nSPS) is 18.1. The van der Waals surface area contributed by atoms with Crippen LogP contribution in [0.3, 0.4) is 0 Å². The third-order valence-corrected chi connectivity index (χ3v) is 3.94. The Morgan fingerprint density at radius 1 is 1.40 bits per heavy atom. The van der Waals surface area contributed by atoms with E-state index in [0.29, 0.717) is 31.4 Å². The lowest BCUT2D eigenvalue weighted by Gasteiger charge is -2.23. The summed E-state index contributed by atoms with van der Waals surface area (Å²) >= 11 is 0. The predicted octanol–water partition coefficient (Wildman–Crippen LogP) is -1.41. The maximum absolute atomic E-state index is 12.4. The zero-order chi connectivity index (χ0) is 17.8. The number of hydrogen-bond donors (Lipinski definition) is 3. The average Bonchev–Trinajstić information content (AvgIpc) is 3.01. The number of aliphatic hydroxyl groups excluding tert-OH is 1. The number of H-pyrrole nitrogens is 1. The molecule has 134 valence electrons. The molecule has 1 amide bonds. The number of carbonyl (C=O) groups is 1. The lowest BCUT2D eigenvalue weighted by atomic mass is 10.3. The minimum atomic E-state index is -0.676. The fraction of sp³-hybridized carbons (Fsp3) is 0.571. The van der Waals surface area contributed by atoms with Crippen LogP contribution >= 0.6 is 0 Å².